The van der Waals surface area contributed by atoms with E-state index in [0.29, 0.717) is 23.2 Å². The monoisotopic (exact) mass is 401 g/mol. The fourth-order valence-electron chi connectivity index (χ4n) is 3.51. The summed E-state index contributed by atoms with van der Waals surface area (Å²) < 4.78 is 24.4. The Bertz CT molecular complexity index is 1060. The molecule has 2 heterocycles. The third-order valence-electron chi connectivity index (χ3n) is 5.00. The van der Waals surface area contributed by atoms with E-state index in [1.165, 1.54) is 50.6 Å². The second-order valence-corrected chi connectivity index (χ2v) is 8.64. The van der Waals surface area contributed by atoms with Gasteiger partial charge in [-0.15, -0.1) is 0 Å². The SMILES string of the molecule is NS(=O)(=O)c1ccc(Nc2cc(NCC3CCCCC3)nc3ncnn23)cc1. The van der Waals surface area contributed by atoms with Crippen LogP contribution in [0.15, 0.2) is 41.6 Å². The molecule has 1 fully saturated rings. The van der Waals surface area contributed by atoms with Crippen molar-refractivity contribution in [1.29, 1.82) is 0 Å². The van der Waals surface area contributed by atoms with Gasteiger partial charge in [0.05, 0.1) is 4.90 Å². The molecule has 1 aliphatic carbocycles. The van der Waals surface area contributed by atoms with Crippen LogP contribution in [0.5, 0.6) is 0 Å². The second-order valence-electron chi connectivity index (χ2n) is 7.08. The summed E-state index contributed by atoms with van der Waals surface area (Å²) >= 11 is 0. The summed E-state index contributed by atoms with van der Waals surface area (Å²) in [6, 6.07) is 8.09. The molecule has 3 aromatic rings. The Labute approximate surface area is 163 Å². The maximum absolute atomic E-state index is 11.4. The first-order valence-corrected chi connectivity index (χ1v) is 10.9. The molecule has 4 N–H and O–H groups in total. The highest BCUT2D eigenvalue weighted by atomic mass is 32.2. The predicted molar refractivity (Wildman–Crippen MR) is 107 cm³/mol. The Balaban J connectivity index is 1.54. The van der Waals surface area contributed by atoms with Crippen molar-refractivity contribution < 1.29 is 8.42 Å². The van der Waals surface area contributed by atoms with Crippen LogP contribution in [0.1, 0.15) is 32.1 Å². The summed E-state index contributed by atoms with van der Waals surface area (Å²) in [5.41, 5.74) is 0.702. The van der Waals surface area contributed by atoms with Crippen LogP contribution in [0, 0.1) is 5.92 Å². The maximum Gasteiger partial charge on any atom is 0.256 e. The van der Waals surface area contributed by atoms with Crippen molar-refractivity contribution in [2.45, 2.75) is 37.0 Å². The van der Waals surface area contributed by atoms with Crippen molar-refractivity contribution in [3.05, 3.63) is 36.7 Å². The largest absolute Gasteiger partial charge is 0.370 e. The number of nitrogens with one attached hydrogen (secondary N) is 2. The fraction of sp³-hybridized carbons (Fsp3) is 0.389. The zero-order valence-electron chi connectivity index (χ0n) is 15.4. The first-order chi connectivity index (χ1) is 13.5. The van der Waals surface area contributed by atoms with E-state index in [1.807, 2.05) is 6.07 Å². The highest BCUT2D eigenvalue weighted by Crippen LogP contribution is 2.25. The summed E-state index contributed by atoms with van der Waals surface area (Å²) in [5.74, 6) is 2.57. The van der Waals surface area contributed by atoms with Crippen molar-refractivity contribution in [3.8, 4) is 0 Å². The highest BCUT2D eigenvalue weighted by Gasteiger charge is 2.14. The van der Waals surface area contributed by atoms with Gasteiger partial charge in [-0.3, -0.25) is 0 Å². The minimum Gasteiger partial charge on any atom is -0.370 e. The molecule has 1 aromatic carbocycles. The summed E-state index contributed by atoms with van der Waals surface area (Å²) in [6.45, 7) is 0.889. The lowest BCUT2D eigenvalue weighted by molar-refractivity contribution is 0.373. The lowest BCUT2D eigenvalue weighted by Crippen LogP contribution is -2.18. The van der Waals surface area contributed by atoms with E-state index < -0.39 is 10.0 Å². The molecule has 0 unspecified atom stereocenters. The molecule has 0 aliphatic heterocycles. The van der Waals surface area contributed by atoms with E-state index in [9.17, 15) is 8.42 Å². The Morgan fingerprint density at radius 2 is 1.89 bits per heavy atom. The van der Waals surface area contributed by atoms with E-state index in [-0.39, 0.29) is 4.90 Å². The fourth-order valence-corrected chi connectivity index (χ4v) is 4.02. The Morgan fingerprint density at radius 3 is 2.61 bits per heavy atom. The van der Waals surface area contributed by atoms with E-state index >= 15 is 0 Å². The topological polar surface area (TPSA) is 127 Å². The van der Waals surface area contributed by atoms with Crippen molar-refractivity contribution >= 4 is 33.1 Å². The molecule has 0 saturated heterocycles. The van der Waals surface area contributed by atoms with Gasteiger partial charge in [0.1, 0.15) is 18.0 Å². The number of sulfonamides is 1. The molecule has 0 bridgehead atoms. The quantitative estimate of drug-likeness (QED) is 0.579. The van der Waals surface area contributed by atoms with Gasteiger partial charge in [-0.25, -0.2) is 13.6 Å². The third-order valence-corrected chi connectivity index (χ3v) is 5.93. The van der Waals surface area contributed by atoms with Crippen LogP contribution < -0.4 is 15.8 Å². The van der Waals surface area contributed by atoms with E-state index in [0.717, 1.165) is 12.4 Å². The number of hydrogen-bond donors (Lipinski definition) is 3. The van der Waals surface area contributed by atoms with Gasteiger partial charge < -0.3 is 10.6 Å². The van der Waals surface area contributed by atoms with Crippen LogP contribution in [0.3, 0.4) is 0 Å². The van der Waals surface area contributed by atoms with Gasteiger partial charge >= 0.3 is 0 Å². The molecule has 9 nitrogen and oxygen atoms in total. The molecule has 0 atom stereocenters. The zero-order valence-corrected chi connectivity index (χ0v) is 16.2. The standard InChI is InChI=1S/C18H23N7O2S/c19-28(26,27)15-8-6-14(7-9-15)23-17-10-16(24-18-21-12-22-25(17)18)20-11-13-4-2-1-3-5-13/h6-10,12-13,23H,1-5,11H2,(H2,19,26,27)(H,20,21,22,24). The van der Waals surface area contributed by atoms with Crippen molar-refractivity contribution in [2.75, 3.05) is 17.2 Å². The van der Waals surface area contributed by atoms with Crippen LogP contribution >= 0.6 is 0 Å². The number of aromatic nitrogens is 4. The number of hydrogen-bond acceptors (Lipinski definition) is 7. The molecule has 2 aromatic heterocycles. The van der Waals surface area contributed by atoms with Gasteiger partial charge in [0.25, 0.3) is 5.78 Å². The molecule has 1 saturated carbocycles. The zero-order chi connectivity index (χ0) is 19.6. The Morgan fingerprint density at radius 1 is 1.14 bits per heavy atom. The minimum absolute atomic E-state index is 0.0634. The predicted octanol–water partition coefficient (Wildman–Crippen LogP) is 2.51. The van der Waals surface area contributed by atoms with E-state index in [2.05, 4.69) is 25.7 Å². The van der Waals surface area contributed by atoms with Crippen LogP contribution in [-0.4, -0.2) is 34.5 Å². The Kier molecular flexibility index (Phi) is 5.14. The molecule has 28 heavy (non-hydrogen) atoms. The molecular weight excluding hydrogens is 378 g/mol. The number of nitrogens with zero attached hydrogens (tertiary/aromatic N) is 4. The second kappa shape index (κ2) is 7.72. The minimum atomic E-state index is -3.72. The summed E-state index contributed by atoms with van der Waals surface area (Å²) in [6.07, 6.45) is 7.87. The third kappa shape index (κ3) is 4.23. The molecule has 148 valence electrons. The smallest absolute Gasteiger partial charge is 0.256 e. The maximum atomic E-state index is 11.4. The molecule has 4 rings (SSSR count). The normalized spacial score (nSPS) is 15.6. The van der Waals surface area contributed by atoms with Gasteiger partial charge in [0.2, 0.25) is 10.0 Å². The Hall–Kier alpha value is -2.72. The summed E-state index contributed by atoms with van der Waals surface area (Å²) in [5, 5.41) is 16.0. The molecule has 0 spiro atoms. The number of primary sulfonamides is 1. The molecule has 10 heteroatoms. The average Bonchev–Trinajstić information content (AvgIpc) is 3.16. The van der Waals surface area contributed by atoms with E-state index in [4.69, 9.17) is 5.14 Å². The highest BCUT2D eigenvalue weighted by molar-refractivity contribution is 7.89. The van der Waals surface area contributed by atoms with Gasteiger partial charge in [-0.2, -0.15) is 19.6 Å². The van der Waals surface area contributed by atoms with Crippen LogP contribution in [0.2, 0.25) is 0 Å². The lowest BCUT2D eigenvalue weighted by Gasteiger charge is -2.22. The van der Waals surface area contributed by atoms with E-state index in [1.54, 1.807) is 16.6 Å². The first-order valence-electron chi connectivity index (χ1n) is 9.33. The van der Waals surface area contributed by atoms with Crippen LogP contribution in [-0.2, 0) is 10.0 Å². The first kappa shape index (κ1) is 18.6. The molecule has 0 amide bonds. The number of fused-ring (bicyclic) bond motifs is 1. The number of anilines is 3. The van der Waals surface area contributed by atoms with Gasteiger partial charge in [0, 0.05) is 18.3 Å². The lowest BCUT2D eigenvalue weighted by atomic mass is 9.89. The van der Waals surface area contributed by atoms with Gasteiger partial charge in [0.15, 0.2) is 0 Å². The molecular formula is C18H23N7O2S. The summed E-state index contributed by atoms with van der Waals surface area (Å²) in [4.78, 5) is 8.76. The van der Waals surface area contributed by atoms with Crippen LogP contribution in [0.25, 0.3) is 5.78 Å². The number of benzene rings is 1. The van der Waals surface area contributed by atoms with Crippen molar-refractivity contribution in [1.82, 2.24) is 19.6 Å². The average molecular weight is 401 g/mol. The van der Waals surface area contributed by atoms with Crippen molar-refractivity contribution in [3.63, 3.8) is 0 Å². The number of nitrogens with two attached hydrogens (primary N) is 1. The van der Waals surface area contributed by atoms with Crippen LogP contribution in [0.4, 0.5) is 17.3 Å². The van der Waals surface area contributed by atoms with Crippen molar-refractivity contribution in [2.24, 2.45) is 11.1 Å². The number of rotatable bonds is 6. The van der Waals surface area contributed by atoms with Gasteiger partial charge in [-0.1, -0.05) is 19.3 Å². The van der Waals surface area contributed by atoms with Gasteiger partial charge in [-0.05, 0) is 43.0 Å². The molecule has 1 aliphatic rings. The molecule has 0 radical (unpaired) electrons. The summed E-state index contributed by atoms with van der Waals surface area (Å²) in [7, 11) is -3.72.